The van der Waals surface area contributed by atoms with Crippen molar-refractivity contribution in [3.63, 3.8) is 0 Å². The molecule has 0 aliphatic heterocycles. The van der Waals surface area contributed by atoms with Crippen LogP contribution in [0.4, 0.5) is 0 Å². The molecule has 0 saturated heterocycles. The molecule has 8 heteroatoms. The molecule has 8 nitrogen and oxygen atoms in total. The number of esters is 1. The van der Waals surface area contributed by atoms with E-state index in [1.807, 2.05) is 0 Å². The van der Waals surface area contributed by atoms with E-state index < -0.39 is 5.97 Å². The van der Waals surface area contributed by atoms with Crippen LogP contribution < -0.4 is 10.9 Å². The molecule has 0 radical (unpaired) electrons. The van der Waals surface area contributed by atoms with Gasteiger partial charge in [-0.15, -0.1) is 5.10 Å². The molecule has 3 rings (SSSR count). The van der Waals surface area contributed by atoms with Gasteiger partial charge >= 0.3 is 5.97 Å². The highest BCUT2D eigenvalue weighted by molar-refractivity contribution is 5.80. The number of ether oxygens (including phenoxy) is 1. The Labute approximate surface area is 163 Å². The smallest absolute Gasteiger partial charge is 0.308 e. The quantitative estimate of drug-likeness (QED) is 0.761. The normalized spacial score (nSPS) is 15.6. The number of amides is 1. The lowest BCUT2D eigenvalue weighted by Gasteiger charge is -2.20. The molecule has 1 aromatic carbocycles. The molecule has 150 valence electrons. The molecule has 1 amide bonds. The summed E-state index contributed by atoms with van der Waals surface area (Å²) in [5.41, 5.74) is 0.206. The Morgan fingerprint density at radius 3 is 2.61 bits per heavy atom. The monoisotopic (exact) mass is 386 g/mol. The van der Waals surface area contributed by atoms with Crippen molar-refractivity contribution in [1.82, 2.24) is 20.3 Å². The first kappa shape index (κ1) is 20.0. The molecule has 28 heavy (non-hydrogen) atoms. The Hall–Kier alpha value is -2.77. The maximum Gasteiger partial charge on any atom is 0.308 e. The van der Waals surface area contributed by atoms with Crippen LogP contribution in [0.5, 0.6) is 0 Å². The molecule has 0 atom stereocenters. The van der Waals surface area contributed by atoms with Gasteiger partial charge in [-0.05, 0) is 25.0 Å². The fourth-order valence-electron chi connectivity index (χ4n) is 3.45. The summed E-state index contributed by atoms with van der Waals surface area (Å²) in [6.07, 6.45) is 7.81. The second kappa shape index (κ2) is 9.96. The molecule has 1 aliphatic rings. The number of benzene rings is 1. The predicted molar refractivity (Wildman–Crippen MR) is 104 cm³/mol. The van der Waals surface area contributed by atoms with E-state index in [2.05, 4.69) is 15.6 Å². The number of aryl methyl sites for hydroxylation is 1. The molecular weight excluding hydrogens is 360 g/mol. The van der Waals surface area contributed by atoms with Gasteiger partial charge in [0.2, 0.25) is 0 Å². The van der Waals surface area contributed by atoms with Gasteiger partial charge in [-0.1, -0.05) is 49.5 Å². The number of hydrogen-bond donors (Lipinski definition) is 1. The summed E-state index contributed by atoms with van der Waals surface area (Å²) in [6, 6.07) is 7.06. The lowest BCUT2D eigenvalue weighted by molar-refractivity contribution is -0.149. The molecule has 0 bridgehead atoms. The number of fused-ring (bicyclic) bond motifs is 1. The van der Waals surface area contributed by atoms with E-state index in [1.165, 1.54) is 19.3 Å². The van der Waals surface area contributed by atoms with Crippen molar-refractivity contribution in [2.45, 2.75) is 64.0 Å². The molecule has 1 aromatic heterocycles. The van der Waals surface area contributed by atoms with Crippen LogP contribution in [-0.4, -0.2) is 39.5 Å². The summed E-state index contributed by atoms with van der Waals surface area (Å²) in [6.45, 7) is -0.243. The lowest BCUT2D eigenvalue weighted by Crippen LogP contribution is -2.38. The minimum absolute atomic E-state index is 0.0519. The van der Waals surface area contributed by atoms with Crippen molar-refractivity contribution >= 4 is 22.8 Å². The van der Waals surface area contributed by atoms with E-state index in [9.17, 15) is 14.4 Å². The van der Waals surface area contributed by atoms with Crippen molar-refractivity contribution in [2.75, 3.05) is 6.61 Å². The van der Waals surface area contributed by atoms with Gasteiger partial charge in [0, 0.05) is 6.04 Å². The number of nitrogens with one attached hydrogen (secondary N) is 1. The largest absolute Gasteiger partial charge is 0.456 e. The third-order valence-electron chi connectivity index (χ3n) is 4.99. The second-order valence-corrected chi connectivity index (χ2v) is 7.16. The van der Waals surface area contributed by atoms with Gasteiger partial charge in [-0.2, -0.15) is 0 Å². The van der Waals surface area contributed by atoms with Crippen molar-refractivity contribution in [3.05, 3.63) is 34.6 Å². The molecule has 1 fully saturated rings. The maximum absolute atomic E-state index is 12.3. The average molecular weight is 386 g/mol. The van der Waals surface area contributed by atoms with Gasteiger partial charge < -0.3 is 10.1 Å². The first-order valence-electron chi connectivity index (χ1n) is 9.91. The van der Waals surface area contributed by atoms with E-state index >= 15 is 0 Å². The van der Waals surface area contributed by atoms with E-state index in [-0.39, 0.29) is 37.1 Å². The topological polar surface area (TPSA) is 103 Å². The summed E-state index contributed by atoms with van der Waals surface area (Å²) in [5.74, 6) is -0.823. The van der Waals surface area contributed by atoms with E-state index in [0.717, 1.165) is 30.4 Å². The Balaban J connectivity index is 1.43. The van der Waals surface area contributed by atoms with Gasteiger partial charge in [0.25, 0.3) is 11.5 Å². The molecule has 1 saturated carbocycles. The Kier molecular flexibility index (Phi) is 7.11. The Morgan fingerprint density at radius 2 is 1.82 bits per heavy atom. The molecule has 1 N–H and O–H groups in total. The van der Waals surface area contributed by atoms with Crippen molar-refractivity contribution in [1.29, 1.82) is 0 Å². The molecular formula is C20H26N4O4. The molecule has 1 aliphatic carbocycles. The average Bonchev–Trinajstić information content (AvgIpc) is 2.68. The van der Waals surface area contributed by atoms with Crippen LogP contribution in [0.15, 0.2) is 29.1 Å². The minimum atomic E-state index is -0.547. The number of aromatic nitrogens is 3. The molecule has 1 heterocycles. The van der Waals surface area contributed by atoms with Crippen LogP contribution in [0.3, 0.4) is 0 Å². The van der Waals surface area contributed by atoms with Gasteiger partial charge in [0.05, 0.1) is 18.4 Å². The van der Waals surface area contributed by atoms with E-state index in [1.54, 1.807) is 24.3 Å². The first-order chi connectivity index (χ1) is 13.6. The standard InChI is InChI=1S/C20H26N4O4/c25-18(21-15-8-4-2-1-3-5-9-15)14-28-19(26)12-13-24-20(27)16-10-6-7-11-17(16)22-23-24/h6-7,10-11,15H,1-5,8-9,12-14H2,(H,21,25). The van der Waals surface area contributed by atoms with Crippen molar-refractivity contribution in [2.24, 2.45) is 0 Å². The number of carbonyl (C=O) groups is 2. The summed E-state index contributed by atoms with van der Waals surface area (Å²) >= 11 is 0. The van der Waals surface area contributed by atoms with Crippen LogP contribution >= 0.6 is 0 Å². The summed E-state index contributed by atoms with van der Waals surface area (Å²) in [4.78, 5) is 36.3. The zero-order valence-corrected chi connectivity index (χ0v) is 15.9. The predicted octanol–water partition coefficient (Wildman–Crippen LogP) is 1.95. The van der Waals surface area contributed by atoms with Crippen LogP contribution in [0.2, 0.25) is 0 Å². The fraction of sp³-hybridized carbons (Fsp3) is 0.550. The summed E-state index contributed by atoms with van der Waals surface area (Å²) in [5, 5.41) is 11.2. The third kappa shape index (κ3) is 5.61. The van der Waals surface area contributed by atoms with Gasteiger partial charge in [0.1, 0.15) is 5.52 Å². The van der Waals surface area contributed by atoms with E-state index in [4.69, 9.17) is 4.74 Å². The van der Waals surface area contributed by atoms with Crippen molar-refractivity contribution in [3.8, 4) is 0 Å². The Morgan fingerprint density at radius 1 is 1.11 bits per heavy atom. The third-order valence-corrected chi connectivity index (χ3v) is 4.99. The molecule has 0 unspecified atom stereocenters. The maximum atomic E-state index is 12.3. The lowest BCUT2D eigenvalue weighted by atomic mass is 9.97. The highest BCUT2D eigenvalue weighted by Crippen LogP contribution is 2.17. The van der Waals surface area contributed by atoms with Crippen LogP contribution in [0.25, 0.3) is 10.9 Å². The van der Waals surface area contributed by atoms with Crippen LogP contribution in [0, 0.1) is 0 Å². The molecule has 2 aromatic rings. The second-order valence-electron chi connectivity index (χ2n) is 7.16. The number of nitrogens with zero attached hydrogens (tertiary/aromatic N) is 3. The first-order valence-corrected chi connectivity index (χ1v) is 9.91. The summed E-state index contributed by atoms with van der Waals surface area (Å²) in [7, 11) is 0. The molecule has 0 spiro atoms. The van der Waals surface area contributed by atoms with Crippen LogP contribution in [-0.2, 0) is 20.9 Å². The van der Waals surface area contributed by atoms with Crippen LogP contribution in [0.1, 0.15) is 51.4 Å². The Bertz CT molecular complexity index is 872. The highest BCUT2D eigenvalue weighted by atomic mass is 16.5. The highest BCUT2D eigenvalue weighted by Gasteiger charge is 2.15. The minimum Gasteiger partial charge on any atom is -0.456 e. The van der Waals surface area contributed by atoms with Gasteiger partial charge in [-0.25, -0.2) is 4.68 Å². The summed E-state index contributed by atoms with van der Waals surface area (Å²) < 4.78 is 6.17. The SMILES string of the molecule is O=C(COC(=O)CCn1nnc2ccccc2c1=O)NC1CCCCCCC1. The number of rotatable bonds is 6. The van der Waals surface area contributed by atoms with Crippen molar-refractivity contribution < 1.29 is 14.3 Å². The number of carbonyl (C=O) groups excluding carboxylic acids is 2. The van der Waals surface area contributed by atoms with Gasteiger partial charge in [-0.3, -0.25) is 14.4 Å². The van der Waals surface area contributed by atoms with E-state index in [0.29, 0.717) is 10.9 Å². The van der Waals surface area contributed by atoms with Gasteiger partial charge in [0.15, 0.2) is 6.61 Å². The number of hydrogen-bond acceptors (Lipinski definition) is 6. The zero-order valence-electron chi connectivity index (χ0n) is 15.9. The zero-order chi connectivity index (χ0) is 19.8. The fourth-order valence-corrected chi connectivity index (χ4v) is 3.45.